The van der Waals surface area contributed by atoms with Crippen molar-refractivity contribution in [2.45, 2.75) is 27.2 Å². The molecule has 0 aliphatic rings. The molecule has 1 aromatic rings. The van der Waals surface area contributed by atoms with E-state index in [2.05, 4.69) is 48.8 Å². The number of hydrogen-bond donors (Lipinski definition) is 1. The third-order valence-electron chi connectivity index (χ3n) is 3.14. The minimum absolute atomic E-state index is 0.112. The highest BCUT2D eigenvalue weighted by Gasteiger charge is 2.24. The van der Waals surface area contributed by atoms with Gasteiger partial charge in [-0.3, -0.25) is 0 Å². The molecular weight excluding hydrogens is 280 g/mol. The molecule has 1 aromatic carbocycles. The van der Waals surface area contributed by atoms with Crippen LogP contribution in [0.2, 0.25) is 0 Å². The quantitative estimate of drug-likeness (QED) is 0.919. The molecule has 1 atom stereocenters. The van der Waals surface area contributed by atoms with Gasteiger partial charge < -0.3 is 9.84 Å². The lowest BCUT2D eigenvalue weighted by atomic mass is 9.78. The van der Waals surface area contributed by atoms with Crippen molar-refractivity contribution < 1.29 is 9.84 Å². The molecule has 0 amide bonds. The zero-order chi connectivity index (χ0) is 13.1. The molecule has 0 saturated heterocycles. The summed E-state index contributed by atoms with van der Waals surface area (Å²) >= 11 is 3.48. The third-order valence-corrected chi connectivity index (χ3v) is 3.76. The lowest BCUT2D eigenvalue weighted by molar-refractivity contribution is 0.131. The summed E-state index contributed by atoms with van der Waals surface area (Å²) in [5.74, 6) is 1.10. The molecule has 0 aliphatic carbocycles. The van der Waals surface area contributed by atoms with Gasteiger partial charge in [-0.1, -0.05) is 26.8 Å². The average molecular weight is 301 g/mol. The molecule has 1 rings (SSSR count). The Labute approximate surface area is 112 Å². The van der Waals surface area contributed by atoms with Crippen molar-refractivity contribution in [2.24, 2.45) is 11.3 Å². The molecule has 2 nitrogen and oxygen atoms in total. The molecule has 0 aromatic heterocycles. The zero-order valence-corrected chi connectivity index (χ0v) is 12.5. The lowest BCUT2D eigenvalue weighted by Gasteiger charge is -2.29. The smallest absolute Gasteiger partial charge is 0.133 e. The Kier molecular flexibility index (Phi) is 5.02. The van der Waals surface area contributed by atoms with Gasteiger partial charge in [0.1, 0.15) is 5.75 Å². The average Bonchev–Trinajstić information content (AvgIpc) is 2.24. The van der Waals surface area contributed by atoms with Crippen molar-refractivity contribution in [1.82, 2.24) is 0 Å². The molecule has 0 spiro atoms. The van der Waals surface area contributed by atoms with Crippen molar-refractivity contribution in [1.29, 1.82) is 0 Å². The number of methoxy groups -OCH3 is 1. The van der Waals surface area contributed by atoms with Crippen molar-refractivity contribution in [3.63, 3.8) is 0 Å². The summed E-state index contributed by atoms with van der Waals surface area (Å²) in [6, 6.07) is 6.07. The topological polar surface area (TPSA) is 29.5 Å². The van der Waals surface area contributed by atoms with Gasteiger partial charge in [-0.25, -0.2) is 0 Å². The van der Waals surface area contributed by atoms with E-state index in [9.17, 15) is 5.11 Å². The van der Waals surface area contributed by atoms with Gasteiger partial charge in [0.25, 0.3) is 0 Å². The Morgan fingerprint density at radius 2 is 2.00 bits per heavy atom. The van der Waals surface area contributed by atoms with Crippen LogP contribution in [0.4, 0.5) is 0 Å². The van der Waals surface area contributed by atoms with Crippen LogP contribution in [0.3, 0.4) is 0 Å². The van der Waals surface area contributed by atoms with Gasteiger partial charge in [0.15, 0.2) is 0 Å². The maximum atomic E-state index is 9.46. The molecule has 0 aliphatic heterocycles. The first-order chi connectivity index (χ1) is 7.88. The molecule has 1 N–H and O–H groups in total. The molecule has 3 heteroatoms. The Morgan fingerprint density at radius 3 is 2.41 bits per heavy atom. The van der Waals surface area contributed by atoms with Crippen molar-refractivity contribution in [3.8, 4) is 5.75 Å². The maximum Gasteiger partial charge on any atom is 0.133 e. The van der Waals surface area contributed by atoms with Gasteiger partial charge in [0.2, 0.25) is 0 Å². The first-order valence-electron chi connectivity index (χ1n) is 5.81. The molecular formula is C14H21BrO2. The highest BCUT2D eigenvalue weighted by Crippen LogP contribution is 2.31. The molecule has 17 heavy (non-hydrogen) atoms. The second-order valence-corrected chi connectivity index (χ2v) is 6.27. The van der Waals surface area contributed by atoms with Crippen LogP contribution in [0.5, 0.6) is 5.75 Å². The summed E-state index contributed by atoms with van der Waals surface area (Å²) in [5, 5.41) is 9.46. The molecule has 0 saturated carbocycles. The van der Waals surface area contributed by atoms with E-state index in [-0.39, 0.29) is 17.9 Å². The molecule has 0 heterocycles. The highest BCUT2D eigenvalue weighted by atomic mass is 79.9. The predicted molar refractivity (Wildman–Crippen MR) is 74.4 cm³/mol. The van der Waals surface area contributed by atoms with Gasteiger partial charge in [-0.05, 0) is 51.4 Å². The van der Waals surface area contributed by atoms with Crippen molar-refractivity contribution >= 4 is 15.9 Å². The fourth-order valence-corrected chi connectivity index (χ4v) is 2.35. The van der Waals surface area contributed by atoms with E-state index in [1.807, 2.05) is 6.07 Å². The van der Waals surface area contributed by atoms with Crippen LogP contribution < -0.4 is 4.74 Å². The van der Waals surface area contributed by atoms with Crippen molar-refractivity contribution in [3.05, 3.63) is 28.2 Å². The second kappa shape index (κ2) is 5.87. The summed E-state index contributed by atoms with van der Waals surface area (Å²) in [6.07, 6.45) is 0.878. The monoisotopic (exact) mass is 300 g/mol. The minimum atomic E-state index is 0.112. The number of rotatable bonds is 4. The van der Waals surface area contributed by atoms with Crippen LogP contribution in [0, 0.1) is 11.3 Å². The molecule has 96 valence electrons. The number of hydrogen-bond acceptors (Lipinski definition) is 2. The fourth-order valence-electron chi connectivity index (χ4n) is 1.77. The van der Waals surface area contributed by atoms with Crippen LogP contribution in [-0.4, -0.2) is 18.8 Å². The fraction of sp³-hybridized carbons (Fsp3) is 0.571. The number of ether oxygens (including phenoxy) is 1. The molecule has 0 bridgehead atoms. The van der Waals surface area contributed by atoms with Crippen molar-refractivity contribution in [2.75, 3.05) is 13.7 Å². The van der Waals surface area contributed by atoms with E-state index >= 15 is 0 Å². The Balaban J connectivity index is 2.84. The number of halogens is 1. The second-order valence-electron chi connectivity index (χ2n) is 5.42. The predicted octanol–water partition coefficient (Wildman–Crippen LogP) is 3.65. The van der Waals surface area contributed by atoms with Crippen LogP contribution in [0.25, 0.3) is 0 Å². The van der Waals surface area contributed by atoms with Crippen LogP contribution in [0.1, 0.15) is 26.3 Å². The highest BCUT2D eigenvalue weighted by molar-refractivity contribution is 9.10. The Hall–Kier alpha value is -0.540. The summed E-state index contributed by atoms with van der Waals surface area (Å²) in [6.45, 7) is 6.69. The van der Waals surface area contributed by atoms with E-state index in [1.165, 1.54) is 5.56 Å². The zero-order valence-electron chi connectivity index (χ0n) is 11.0. The van der Waals surface area contributed by atoms with Gasteiger partial charge in [-0.15, -0.1) is 0 Å². The summed E-state index contributed by atoms with van der Waals surface area (Å²) < 4.78 is 6.16. The SMILES string of the molecule is COc1ccc(CC(CO)C(C)(C)C)cc1Br. The molecule has 1 unspecified atom stereocenters. The van der Waals surface area contributed by atoms with Gasteiger partial charge in [-0.2, -0.15) is 0 Å². The molecule has 0 fully saturated rings. The van der Waals surface area contributed by atoms with Gasteiger partial charge in [0, 0.05) is 6.61 Å². The molecule has 0 radical (unpaired) electrons. The maximum absolute atomic E-state index is 9.46. The van der Waals surface area contributed by atoms with Gasteiger partial charge >= 0.3 is 0 Å². The largest absolute Gasteiger partial charge is 0.496 e. The minimum Gasteiger partial charge on any atom is -0.496 e. The van der Waals surface area contributed by atoms with Crippen LogP contribution >= 0.6 is 15.9 Å². The summed E-state index contributed by atoms with van der Waals surface area (Å²) in [7, 11) is 1.66. The first kappa shape index (κ1) is 14.5. The van der Waals surface area contributed by atoms with Crippen LogP contribution in [-0.2, 0) is 6.42 Å². The summed E-state index contributed by atoms with van der Waals surface area (Å²) in [5.41, 5.74) is 1.33. The van der Waals surface area contributed by atoms with E-state index in [4.69, 9.17) is 4.74 Å². The standard InChI is InChI=1S/C14H21BrO2/c1-14(2,3)11(9-16)7-10-5-6-13(17-4)12(15)8-10/h5-6,8,11,16H,7,9H2,1-4H3. The van der Waals surface area contributed by atoms with Crippen LogP contribution in [0.15, 0.2) is 22.7 Å². The van der Waals surface area contributed by atoms with E-state index in [1.54, 1.807) is 7.11 Å². The number of aliphatic hydroxyl groups excluding tert-OH is 1. The van der Waals surface area contributed by atoms with E-state index < -0.39 is 0 Å². The first-order valence-corrected chi connectivity index (χ1v) is 6.61. The Morgan fingerprint density at radius 1 is 1.35 bits per heavy atom. The summed E-state index contributed by atoms with van der Waals surface area (Å²) in [4.78, 5) is 0. The normalized spacial score (nSPS) is 13.5. The Bertz CT molecular complexity index is 369. The number of benzene rings is 1. The van der Waals surface area contributed by atoms with Gasteiger partial charge in [0.05, 0.1) is 11.6 Å². The van der Waals surface area contributed by atoms with E-state index in [0.29, 0.717) is 0 Å². The third kappa shape index (κ3) is 4.00. The lowest BCUT2D eigenvalue weighted by Crippen LogP contribution is -2.25. The van der Waals surface area contributed by atoms with E-state index in [0.717, 1.165) is 16.6 Å². The number of aliphatic hydroxyl groups is 1.